The second-order valence-electron chi connectivity index (χ2n) is 7.22. The number of fused-ring (bicyclic) bond motifs is 1. The predicted octanol–water partition coefficient (Wildman–Crippen LogP) is 2.44. The van der Waals surface area contributed by atoms with E-state index in [1.165, 1.54) is 4.40 Å². The van der Waals surface area contributed by atoms with Gasteiger partial charge in [-0.25, -0.2) is 13.9 Å². The Hall–Kier alpha value is -3.75. The summed E-state index contributed by atoms with van der Waals surface area (Å²) in [5.41, 5.74) is 2.41. The van der Waals surface area contributed by atoms with Crippen LogP contribution in [-0.2, 0) is 11.3 Å². The van der Waals surface area contributed by atoms with Gasteiger partial charge in [0.2, 0.25) is 11.7 Å². The van der Waals surface area contributed by atoms with Gasteiger partial charge in [-0.3, -0.25) is 4.79 Å². The number of aryl methyl sites for hydroxylation is 1. The van der Waals surface area contributed by atoms with Gasteiger partial charge in [0.15, 0.2) is 5.65 Å². The third-order valence-electron chi connectivity index (χ3n) is 4.89. The third-order valence-corrected chi connectivity index (χ3v) is 4.89. The zero-order valence-corrected chi connectivity index (χ0v) is 17.0. The second kappa shape index (κ2) is 7.94. The quantitative estimate of drug-likeness (QED) is 0.527. The van der Waals surface area contributed by atoms with E-state index < -0.39 is 5.69 Å². The molecule has 4 aromatic rings. The van der Waals surface area contributed by atoms with Crippen molar-refractivity contribution in [3.05, 3.63) is 58.6 Å². The number of amides is 1. The van der Waals surface area contributed by atoms with Crippen molar-refractivity contribution < 1.29 is 9.32 Å². The zero-order valence-electron chi connectivity index (χ0n) is 17.0. The Kier molecular flexibility index (Phi) is 5.18. The summed E-state index contributed by atoms with van der Waals surface area (Å²) in [5, 5.41) is 11.2. The first-order valence-electron chi connectivity index (χ1n) is 9.75. The fourth-order valence-electron chi connectivity index (χ4n) is 3.02. The summed E-state index contributed by atoms with van der Waals surface area (Å²) in [6.45, 7) is 5.72. The number of benzene rings is 1. The maximum atomic E-state index is 12.7. The summed E-state index contributed by atoms with van der Waals surface area (Å²) >= 11 is 0. The summed E-state index contributed by atoms with van der Waals surface area (Å²) in [4.78, 5) is 29.3. The smallest absolute Gasteiger partial charge is 0.350 e. The van der Waals surface area contributed by atoms with Crippen LogP contribution in [0.4, 0.5) is 0 Å². The highest BCUT2D eigenvalue weighted by Gasteiger charge is 2.18. The van der Waals surface area contributed by atoms with E-state index in [0.717, 1.165) is 22.2 Å². The van der Waals surface area contributed by atoms with E-state index in [0.29, 0.717) is 17.0 Å². The molecular formula is C21H22N6O3. The van der Waals surface area contributed by atoms with Crippen LogP contribution < -0.4 is 11.0 Å². The molecule has 0 radical (unpaired) electrons. The Bertz CT molecular complexity index is 1250. The SMILES string of the molecule is CC[C@@H](C)NC(=O)Cn1nc2c(-c3nc(-c4ccc(C)cc4)no3)cccn2c1=O. The topological polar surface area (TPSA) is 107 Å². The molecular weight excluding hydrogens is 384 g/mol. The van der Waals surface area contributed by atoms with E-state index in [1.807, 2.05) is 45.0 Å². The summed E-state index contributed by atoms with van der Waals surface area (Å²) in [5.74, 6) is 0.426. The maximum Gasteiger partial charge on any atom is 0.350 e. The van der Waals surface area contributed by atoms with Crippen molar-refractivity contribution in [2.45, 2.75) is 39.8 Å². The first kappa shape index (κ1) is 19.6. The number of nitrogens with zero attached hydrogens (tertiary/aromatic N) is 5. The predicted molar refractivity (Wildman–Crippen MR) is 111 cm³/mol. The molecule has 30 heavy (non-hydrogen) atoms. The highest BCUT2D eigenvalue weighted by atomic mass is 16.5. The summed E-state index contributed by atoms with van der Waals surface area (Å²) in [6, 6.07) is 11.2. The van der Waals surface area contributed by atoms with E-state index >= 15 is 0 Å². The van der Waals surface area contributed by atoms with Crippen molar-refractivity contribution in [3.63, 3.8) is 0 Å². The zero-order chi connectivity index (χ0) is 21.3. The Labute approximate surface area is 172 Å². The normalized spacial score (nSPS) is 12.2. The van der Waals surface area contributed by atoms with Crippen molar-refractivity contribution in [3.8, 4) is 22.8 Å². The number of carbonyl (C=O) groups excluding carboxylic acids is 1. The van der Waals surface area contributed by atoms with E-state index in [9.17, 15) is 9.59 Å². The lowest BCUT2D eigenvalue weighted by Crippen LogP contribution is -2.37. The van der Waals surface area contributed by atoms with Crippen molar-refractivity contribution in [1.82, 2.24) is 29.6 Å². The first-order valence-corrected chi connectivity index (χ1v) is 9.75. The van der Waals surface area contributed by atoms with E-state index in [-0.39, 0.29) is 24.4 Å². The van der Waals surface area contributed by atoms with Gasteiger partial charge in [-0.05, 0) is 32.4 Å². The highest BCUT2D eigenvalue weighted by Crippen LogP contribution is 2.24. The molecule has 0 aliphatic heterocycles. The molecule has 0 aliphatic carbocycles. The molecule has 0 saturated carbocycles. The Morgan fingerprint density at radius 2 is 2.00 bits per heavy atom. The molecule has 1 N–H and O–H groups in total. The lowest BCUT2D eigenvalue weighted by molar-refractivity contribution is -0.122. The average Bonchev–Trinajstić information content (AvgIpc) is 3.34. The fourth-order valence-corrected chi connectivity index (χ4v) is 3.02. The highest BCUT2D eigenvalue weighted by molar-refractivity contribution is 5.76. The van der Waals surface area contributed by atoms with Crippen LogP contribution in [-0.4, -0.2) is 36.3 Å². The summed E-state index contributed by atoms with van der Waals surface area (Å²) in [6.07, 6.45) is 2.39. The molecule has 0 unspecified atom stereocenters. The minimum absolute atomic E-state index is 0.0272. The van der Waals surface area contributed by atoms with Gasteiger partial charge < -0.3 is 9.84 Å². The van der Waals surface area contributed by atoms with Gasteiger partial charge >= 0.3 is 5.69 Å². The monoisotopic (exact) mass is 406 g/mol. The molecule has 9 heteroatoms. The van der Waals surface area contributed by atoms with Gasteiger partial charge in [-0.2, -0.15) is 4.98 Å². The maximum absolute atomic E-state index is 12.7. The van der Waals surface area contributed by atoms with Crippen LogP contribution in [0.3, 0.4) is 0 Å². The molecule has 0 bridgehead atoms. The molecule has 0 aliphatic rings. The van der Waals surface area contributed by atoms with Crippen molar-refractivity contribution in [2.75, 3.05) is 0 Å². The third kappa shape index (κ3) is 3.73. The largest absolute Gasteiger partial charge is 0.352 e. The number of pyridine rings is 1. The van der Waals surface area contributed by atoms with Gasteiger partial charge in [0.05, 0.1) is 5.56 Å². The van der Waals surface area contributed by atoms with Crippen LogP contribution in [0.15, 0.2) is 51.9 Å². The van der Waals surface area contributed by atoms with Crippen LogP contribution >= 0.6 is 0 Å². The second-order valence-corrected chi connectivity index (χ2v) is 7.22. The molecule has 9 nitrogen and oxygen atoms in total. The summed E-state index contributed by atoms with van der Waals surface area (Å²) in [7, 11) is 0. The van der Waals surface area contributed by atoms with Gasteiger partial charge in [0.1, 0.15) is 6.54 Å². The van der Waals surface area contributed by atoms with Crippen LogP contribution in [0, 0.1) is 6.92 Å². The van der Waals surface area contributed by atoms with Crippen molar-refractivity contribution in [2.24, 2.45) is 0 Å². The lowest BCUT2D eigenvalue weighted by Gasteiger charge is -2.10. The van der Waals surface area contributed by atoms with Gasteiger partial charge in [-0.15, -0.1) is 5.10 Å². The van der Waals surface area contributed by atoms with Crippen molar-refractivity contribution >= 4 is 11.6 Å². The molecule has 154 valence electrons. The molecule has 1 atom stereocenters. The molecule has 3 heterocycles. The molecule has 4 rings (SSSR count). The number of carbonyl (C=O) groups is 1. The van der Waals surface area contributed by atoms with Crippen LogP contribution in [0.25, 0.3) is 28.5 Å². The average molecular weight is 406 g/mol. The number of aromatic nitrogens is 5. The molecule has 0 saturated heterocycles. The molecule has 0 fully saturated rings. The van der Waals surface area contributed by atoms with E-state index in [1.54, 1.807) is 18.3 Å². The number of rotatable bonds is 6. The minimum atomic E-state index is -0.413. The summed E-state index contributed by atoms with van der Waals surface area (Å²) < 4.78 is 7.93. The fraction of sp³-hybridized carbons (Fsp3) is 0.286. The van der Waals surface area contributed by atoms with Crippen molar-refractivity contribution in [1.29, 1.82) is 0 Å². The number of nitrogens with one attached hydrogen (secondary N) is 1. The van der Waals surface area contributed by atoms with Crippen LogP contribution in [0.2, 0.25) is 0 Å². The minimum Gasteiger partial charge on any atom is -0.352 e. The van der Waals surface area contributed by atoms with Gasteiger partial charge in [0, 0.05) is 17.8 Å². The van der Waals surface area contributed by atoms with Crippen LogP contribution in [0.1, 0.15) is 25.8 Å². The lowest BCUT2D eigenvalue weighted by atomic mass is 10.1. The first-order chi connectivity index (χ1) is 14.5. The standard InChI is InChI=1S/C21H22N6O3/c1-4-14(3)22-17(28)12-27-21(29)26-11-5-6-16(19(26)24-27)20-23-18(25-30-20)15-9-7-13(2)8-10-15/h5-11,14H,4,12H2,1-3H3,(H,22,28)/t14-/m1/s1. The molecule has 3 aromatic heterocycles. The Morgan fingerprint density at radius 1 is 1.23 bits per heavy atom. The van der Waals surface area contributed by atoms with Gasteiger partial charge in [0.25, 0.3) is 5.89 Å². The Balaban J connectivity index is 1.68. The molecule has 1 aromatic carbocycles. The number of hydrogen-bond donors (Lipinski definition) is 1. The molecule has 0 spiro atoms. The molecule has 1 amide bonds. The Morgan fingerprint density at radius 3 is 2.73 bits per heavy atom. The van der Waals surface area contributed by atoms with Gasteiger partial charge in [-0.1, -0.05) is 41.9 Å². The van der Waals surface area contributed by atoms with E-state index in [4.69, 9.17) is 4.52 Å². The van der Waals surface area contributed by atoms with Crippen LogP contribution in [0.5, 0.6) is 0 Å². The van der Waals surface area contributed by atoms with E-state index in [2.05, 4.69) is 20.6 Å². The number of hydrogen-bond acceptors (Lipinski definition) is 6.